The fourth-order valence-electron chi connectivity index (χ4n) is 3.98. The Morgan fingerprint density at radius 1 is 1.12 bits per heavy atom. The van der Waals surface area contributed by atoms with Crippen LogP contribution >= 0.6 is 11.3 Å². The van der Waals surface area contributed by atoms with Crippen LogP contribution < -0.4 is 4.90 Å². The largest absolute Gasteiger partial charge is 0.357 e. The second-order valence-corrected chi connectivity index (χ2v) is 8.41. The van der Waals surface area contributed by atoms with E-state index < -0.39 is 0 Å². The molecule has 3 aromatic rings. The maximum Gasteiger partial charge on any atom is 0.141 e. The molecular weight excluding hydrogens is 338 g/mol. The van der Waals surface area contributed by atoms with Crippen LogP contribution in [0.3, 0.4) is 0 Å². The van der Waals surface area contributed by atoms with Crippen LogP contribution in [0.2, 0.25) is 0 Å². The number of anilines is 1. The van der Waals surface area contributed by atoms with Gasteiger partial charge in [0, 0.05) is 24.4 Å². The van der Waals surface area contributed by atoms with E-state index in [1.807, 2.05) is 11.3 Å². The Labute approximate surface area is 160 Å². The zero-order valence-electron chi connectivity index (χ0n) is 16.0. The van der Waals surface area contributed by atoms with Crippen molar-refractivity contribution in [3.8, 4) is 0 Å². The maximum atomic E-state index is 5.06. The first-order valence-electron chi connectivity index (χ1n) is 9.79. The van der Waals surface area contributed by atoms with E-state index in [2.05, 4.69) is 56.0 Å². The first-order chi connectivity index (χ1) is 12.7. The molecule has 0 fully saturated rings. The van der Waals surface area contributed by atoms with Crippen molar-refractivity contribution in [1.29, 1.82) is 0 Å². The van der Waals surface area contributed by atoms with Gasteiger partial charge in [0.1, 0.15) is 16.5 Å². The van der Waals surface area contributed by atoms with Gasteiger partial charge in [-0.3, -0.25) is 0 Å². The van der Waals surface area contributed by atoms with Crippen LogP contribution in [0, 0.1) is 5.92 Å². The minimum atomic E-state index is 0.782. The van der Waals surface area contributed by atoms with Crippen LogP contribution in [0.15, 0.2) is 30.3 Å². The molecule has 1 aliphatic rings. The fourth-order valence-corrected chi connectivity index (χ4v) is 5.37. The fraction of sp³-hybridized carbons (Fsp3) is 0.455. The second-order valence-electron chi connectivity index (χ2n) is 7.33. The summed E-state index contributed by atoms with van der Waals surface area (Å²) in [6, 6.07) is 10.6. The molecule has 3 nitrogen and oxygen atoms in total. The molecule has 0 saturated carbocycles. The van der Waals surface area contributed by atoms with E-state index in [9.17, 15) is 0 Å². The Kier molecular flexibility index (Phi) is 4.94. The van der Waals surface area contributed by atoms with Crippen LogP contribution in [-0.4, -0.2) is 23.1 Å². The Morgan fingerprint density at radius 2 is 1.88 bits per heavy atom. The molecule has 0 bridgehead atoms. The summed E-state index contributed by atoms with van der Waals surface area (Å²) >= 11 is 1.90. The van der Waals surface area contributed by atoms with Gasteiger partial charge in [-0.25, -0.2) is 9.97 Å². The van der Waals surface area contributed by atoms with Crippen molar-refractivity contribution >= 4 is 27.4 Å². The molecule has 1 atom stereocenters. The molecule has 136 valence electrons. The van der Waals surface area contributed by atoms with Crippen molar-refractivity contribution in [3.05, 3.63) is 52.2 Å². The molecule has 1 unspecified atom stereocenters. The SMILES string of the molecule is CCN(CC)c1nc(Cc2ccccc2)nc2sc3c(c12)CCC(C)C3. The molecule has 0 N–H and O–H groups in total. The van der Waals surface area contributed by atoms with Crippen LogP contribution in [-0.2, 0) is 19.3 Å². The van der Waals surface area contributed by atoms with Gasteiger partial charge < -0.3 is 4.90 Å². The van der Waals surface area contributed by atoms with Gasteiger partial charge in [-0.15, -0.1) is 11.3 Å². The summed E-state index contributed by atoms with van der Waals surface area (Å²) in [5.74, 6) is 2.87. The zero-order chi connectivity index (χ0) is 18.1. The van der Waals surface area contributed by atoms with Gasteiger partial charge in [0.15, 0.2) is 0 Å². The Morgan fingerprint density at radius 3 is 2.62 bits per heavy atom. The number of hydrogen-bond acceptors (Lipinski definition) is 4. The summed E-state index contributed by atoms with van der Waals surface area (Å²) in [7, 11) is 0. The highest BCUT2D eigenvalue weighted by molar-refractivity contribution is 7.19. The van der Waals surface area contributed by atoms with Crippen molar-refractivity contribution in [3.63, 3.8) is 0 Å². The third-order valence-electron chi connectivity index (χ3n) is 5.45. The number of nitrogens with zero attached hydrogens (tertiary/aromatic N) is 3. The standard InChI is InChI=1S/C22H27N3S/c1-4-25(5-2)21-20-17-12-11-15(3)13-18(17)26-22(20)24-19(23-21)14-16-9-7-6-8-10-16/h6-10,15H,4-5,11-14H2,1-3H3. The molecule has 0 radical (unpaired) electrons. The summed E-state index contributed by atoms with van der Waals surface area (Å²) in [6.45, 7) is 8.76. The number of aromatic nitrogens is 2. The van der Waals surface area contributed by atoms with Crippen LogP contribution in [0.5, 0.6) is 0 Å². The molecular formula is C22H27N3S. The number of rotatable bonds is 5. The highest BCUT2D eigenvalue weighted by Crippen LogP contribution is 2.41. The molecule has 26 heavy (non-hydrogen) atoms. The van der Waals surface area contributed by atoms with Gasteiger partial charge in [-0.05, 0) is 50.2 Å². The van der Waals surface area contributed by atoms with Gasteiger partial charge in [0.2, 0.25) is 0 Å². The maximum absolute atomic E-state index is 5.06. The molecule has 0 amide bonds. The summed E-state index contributed by atoms with van der Waals surface area (Å²) in [6.07, 6.45) is 4.44. The number of fused-ring (bicyclic) bond motifs is 3. The average Bonchev–Trinajstić information content (AvgIpc) is 3.00. The topological polar surface area (TPSA) is 29.0 Å². The number of hydrogen-bond donors (Lipinski definition) is 0. The number of benzene rings is 1. The molecule has 2 aromatic heterocycles. The summed E-state index contributed by atoms with van der Waals surface area (Å²) in [5.41, 5.74) is 2.79. The minimum Gasteiger partial charge on any atom is -0.357 e. The zero-order valence-corrected chi connectivity index (χ0v) is 16.8. The predicted octanol–water partition coefficient (Wildman–Crippen LogP) is 5.25. The van der Waals surface area contributed by atoms with Gasteiger partial charge >= 0.3 is 0 Å². The Balaban J connectivity index is 1.85. The molecule has 2 heterocycles. The summed E-state index contributed by atoms with van der Waals surface area (Å²) < 4.78 is 0. The van der Waals surface area contributed by atoms with Crippen molar-refractivity contribution < 1.29 is 0 Å². The lowest BCUT2D eigenvalue weighted by Gasteiger charge is -2.23. The van der Waals surface area contributed by atoms with E-state index in [0.29, 0.717) is 0 Å². The molecule has 0 saturated heterocycles. The first-order valence-corrected chi connectivity index (χ1v) is 10.6. The van der Waals surface area contributed by atoms with Crippen molar-refractivity contribution in [2.75, 3.05) is 18.0 Å². The highest BCUT2D eigenvalue weighted by atomic mass is 32.1. The van der Waals surface area contributed by atoms with E-state index in [0.717, 1.165) is 37.1 Å². The monoisotopic (exact) mass is 365 g/mol. The molecule has 0 spiro atoms. The second kappa shape index (κ2) is 7.36. The van der Waals surface area contributed by atoms with Gasteiger partial charge in [-0.2, -0.15) is 0 Å². The van der Waals surface area contributed by atoms with Gasteiger partial charge in [0.25, 0.3) is 0 Å². The first kappa shape index (κ1) is 17.5. The average molecular weight is 366 g/mol. The molecule has 4 rings (SSSR count). The quantitative estimate of drug-likeness (QED) is 0.618. The third-order valence-corrected chi connectivity index (χ3v) is 6.60. The Hall–Kier alpha value is -1.94. The normalized spacial score (nSPS) is 16.7. The minimum absolute atomic E-state index is 0.782. The van der Waals surface area contributed by atoms with E-state index in [-0.39, 0.29) is 0 Å². The van der Waals surface area contributed by atoms with Crippen LogP contribution in [0.4, 0.5) is 5.82 Å². The van der Waals surface area contributed by atoms with E-state index in [1.165, 1.54) is 40.6 Å². The molecule has 4 heteroatoms. The number of thiophene rings is 1. The van der Waals surface area contributed by atoms with Gasteiger partial charge in [-0.1, -0.05) is 37.3 Å². The lowest BCUT2D eigenvalue weighted by molar-refractivity contribution is 0.509. The smallest absolute Gasteiger partial charge is 0.141 e. The van der Waals surface area contributed by atoms with Crippen molar-refractivity contribution in [2.24, 2.45) is 5.92 Å². The summed E-state index contributed by atoms with van der Waals surface area (Å²) in [5, 5.41) is 1.33. The lowest BCUT2D eigenvalue weighted by Crippen LogP contribution is -2.24. The predicted molar refractivity (Wildman–Crippen MR) is 111 cm³/mol. The van der Waals surface area contributed by atoms with Crippen LogP contribution in [0.1, 0.15) is 49.0 Å². The van der Waals surface area contributed by atoms with Crippen molar-refractivity contribution in [1.82, 2.24) is 9.97 Å². The van der Waals surface area contributed by atoms with E-state index in [1.54, 1.807) is 4.88 Å². The van der Waals surface area contributed by atoms with Gasteiger partial charge in [0.05, 0.1) is 5.39 Å². The molecule has 1 aliphatic carbocycles. The van der Waals surface area contributed by atoms with Crippen molar-refractivity contribution in [2.45, 2.75) is 46.5 Å². The number of aryl methyl sites for hydroxylation is 1. The Bertz CT molecular complexity index is 897. The third kappa shape index (κ3) is 3.23. The molecule has 0 aliphatic heterocycles. The summed E-state index contributed by atoms with van der Waals surface area (Å²) in [4.78, 5) is 15.2. The van der Waals surface area contributed by atoms with Crippen LogP contribution in [0.25, 0.3) is 10.2 Å². The molecule has 1 aromatic carbocycles. The van der Waals surface area contributed by atoms with E-state index in [4.69, 9.17) is 9.97 Å². The lowest BCUT2D eigenvalue weighted by atomic mass is 9.89. The highest BCUT2D eigenvalue weighted by Gasteiger charge is 2.25. The van der Waals surface area contributed by atoms with E-state index >= 15 is 0 Å².